The lowest BCUT2D eigenvalue weighted by atomic mass is 9.99. The summed E-state index contributed by atoms with van der Waals surface area (Å²) < 4.78 is 5.64. The van der Waals surface area contributed by atoms with Crippen LogP contribution in [0, 0.1) is 0 Å². The zero-order valence-electron chi connectivity index (χ0n) is 19.2. The second kappa shape index (κ2) is 9.12. The van der Waals surface area contributed by atoms with Crippen LogP contribution in [0.3, 0.4) is 0 Å². The second-order valence-electron chi connectivity index (χ2n) is 8.46. The number of fused-ring (bicyclic) bond motifs is 2. The topological polar surface area (TPSA) is 121 Å². The van der Waals surface area contributed by atoms with E-state index in [0.717, 1.165) is 47.6 Å². The van der Waals surface area contributed by atoms with E-state index in [4.69, 9.17) is 15.5 Å². The minimum atomic E-state index is -0.0538. The van der Waals surface area contributed by atoms with E-state index >= 15 is 0 Å². The van der Waals surface area contributed by atoms with E-state index in [-0.39, 0.29) is 6.61 Å². The lowest BCUT2D eigenvalue weighted by molar-refractivity contribution is 0.282. The fourth-order valence-corrected chi connectivity index (χ4v) is 4.20. The van der Waals surface area contributed by atoms with Crippen LogP contribution in [-0.4, -0.2) is 45.7 Å². The number of aromatic nitrogens is 3. The molecule has 0 saturated carbocycles. The molecule has 0 unspecified atom stereocenters. The number of likely N-dealkylation sites (N-methyl/N-ethyl adjacent to an activating group) is 1. The van der Waals surface area contributed by atoms with E-state index in [1.165, 1.54) is 11.1 Å². The first-order chi connectivity index (χ1) is 16.5. The van der Waals surface area contributed by atoms with Crippen molar-refractivity contribution >= 4 is 39.7 Å². The van der Waals surface area contributed by atoms with Crippen molar-refractivity contribution in [1.82, 2.24) is 19.9 Å². The molecule has 9 heteroatoms. The van der Waals surface area contributed by atoms with Gasteiger partial charge in [-0.25, -0.2) is 15.0 Å². The number of hydrogen-bond donors (Lipinski definition) is 4. The van der Waals surface area contributed by atoms with Crippen molar-refractivity contribution in [3.8, 4) is 5.75 Å². The summed E-state index contributed by atoms with van der Waals surface area (Å²) in [5, 5.41) is 16.7. The maximum atomic E-state index is 9.37. The zero-order valence-corrected chi connectivity index (χ0v) is 19.2. The Labute approximate surface area is 197 Å². The molecule has 5 N–H and O–H groups in total. The molecule has 0 fully saturated rings. The third kappa shape index (κ3) is 4.43. The van der Waals surface area contributed by atoms with E-state index in [0.29, 0.717) is 23.0 Å². The van der Waals surface area contributed by atoms with Crippen molar-refractivity contribution in [1.29, 1.82) is 0 Å². The van der Waals surface area contributed by atoms with E-state index in [9.17, 15) is 5.11 Å². The molecule has 1 aliphatic heterocycles. The number of nitrogen functional groups attached to an aromatic ring is 1. The van der Waals surface area contributed by atoms with E-state index in [1.54, 1.807) is 31.6 Å². The van der Waals surface area contributed by atoms with Gasteiger partial charge >= 0.3 is 0 Å². The van der Waals surface area contributed by atoms with Crippen molar-refractivity contribution in [3.63, 3.8) is 0 Å². The van der Waals surface area contributed by atoms with Crippen LogP contribution in [-0.2, 0) is 19.6 Å². The van der Waals surface area contributed by atoms with E-state index in [1.807, 2.05) is 12.1 Å². The van der Waals surface area contributed by atoms with Gasteiger partial charge in [0.25, 0.3) is 0 Å². The van der Waals surface area contributed by atoms with Gasteiger partial charge in [-0.1, -0.05) is 0 Å². The largest absolute Gasteiger partial charge is 0.495 e. The molecule has 5 rings (SSSR count). The molecular weight excluding hydrogens is 430 g/mol. The Morgan fingerprint density at radius 1 is 1.12 bits per heavy atom. The summed E-state index contributed by atoms with van der Waals surface area (Å²) in [6.07, 6.45) is 4.36. The minimum Gasteiger partial charge on any atom is -0.495 e. The number of aliphatic hydroxyl groups excluding tert-OH is 1. The van der Waals surface area contributed by atoms with Crippen molar-refractivity contribution in [3.05, 3.63) is 65.5 Å². The van der Waals surface area contributed by atoms with E-state index in [2.05, 4.69) is 44.7 Å². The standard InChI is InChI=1S/C25H27N7O2/c1-32-6-4-16-9-23(34-2)22(8-17(16)13-32)31-25-28-12-19-20(26)10-18(11-21(19)30-25)29-24-7-15(14-33)3-5-27-24/h3,5,7-12,33H,4,6,13-14,26H2,1-2H3,(H,27,29)(H,28,30,31). The molecule has 3 heterocycles. The van der Waals surface area contributed by atoms with Gasteiger partial charge in [0.15, 0.2) is 0 Å². The maximum Gasteiger partial charge on any atom is 0.227 e. The molecule has 174 valence electrons. The Hall–Kier alpha value is -3.95. The number of rotatable bonds is 6. The highest BCUT2D eigenvalue weighted by Crippen LogP contribution is 2.33. The molecule has 0 atom stereocenters. The number of ether oxygens (including phenoxy) is 1. The fraction of sp³-hybridized carbons (Fsp3) is 0.240. The summed E-state index contributed by atoms with van der Waals surface area (Å²) in [6, 6.07) is 11.5. The number of aliphatic hydroxyl groups is 1. The monoisotopic (exact) mass is 457 g/mol. The molecule has 0 amide bonds. The number of nitrogens with zero attached hydrogens (tertiary/aromatic N) is 4. The number of nitrogens with one attached hydrogen (secondary N) is 2. The van der Waals surface area contributed by atoms with Gasteiger partial charge < -0.3 is 31.1 Å². The third-order valence-corrected chi connectivity index (χ3v) is 5.98. The average molecular weight is 458 g/mol. The van der Waals surface area contributed by atoms with Crippen molar-refractivity contribution in [2.45, 2.75) is 19.6 Å². The predicted octanol–water partition coefficient (Wildman–Crippen LogP) is 3.58. The van der Waals surface area contributed by atoms with Crippen molar-refractivity contribution in [2.75, 3.05) is 37.1 Å². The minimum absolute atomic E-state index is 0.0538. The molecule has 0 radical (unpaired) electrons. The lowest BCUT2D eigenvalue weighted by Gasteiger charge is -2.26. The first kappa shape index (κ1) is 21.9. The Morgan fingerprint density at radius 3 is 2.82 bits per heavy atom. The molecule has 0 spiro atoms. The maximum absolute atomic E-state index is 9.37. The molecule has 4 aromatic rings. The first-order valence-electron chi connectivity index (χ1n) is 11.1. The number of anilines is 5. The van der Waals surface area contributed by atoms with E-state index < -0.39 is 0 Å². The van der Waals surface area contributed by atoms with Crippen LogP contribution in [0.1, 0.15) is 16.7 Å². The quantitative estimate of drug-likeness (QED) is 0.322. The van der Waals surface area contributed by atoms with Gasteiger partial charge in [-0.2, -0.15) is 0 Å². The number of benzene rings is 2. The summed E-state index contributed by atoms with van der Waals surface area (Å²) >= 11 is 0. The fourth-order valence-electron chi connectivity index (χ4n) is 4.20. The Balaban J connectivity index is 1.46. The molecule has 0 bridgehead atoms. The van der Waals surface area contributed by atoms with Crippen LogP contribution in [0.25, 0.3) is 10.9 Å². The van der Waals surface area contributed by atoms with Gasteiger partial charge in [-0.3, -0.25) is 0 Å². The van der Waals surface area contributed by atoms with Crippen LogP contribution in [0.2, 0.25) is 0 Å². The summed E-state index contributed by atoms with van der Waals surface area (Å²) in [4.78, 5) is 15.8. The highest BCUT2D eigenvalue weighted by atomic mass is 16.5. The highest BCUT2D eigenvalue weighted by Gasteiger charge is 2.17. The normalized spacial score (nSPS) is 13.5. The highest BCUT2D eigenvalue weighted by molar-refractivity contribution is 5.94. The van der Waals surface area contributed by atoms with Crippen LogP contribution in [0.15, 0.2) is 48.8 Å². The van der Waals surface area contributed by atoms with Crippen LogP contribution >= 0.6 is 0 Å². The zero-order chi connectivity index (χ0) is 23.7. The molecule has 2 aromatic carbocycles. The summed E-state index contributed by atoms with van der Waals surface area (Å²) in [5.41, 5.74) is 12.4. The molecular formula is C25H27N7O2. The Kier molecular flexibility index (Phi) is 5.87. The van der Waals surface area contributed by atoms with Gasteiger partial charge in [-0.15, -0.1) is 0 Å². The van der Waals surface area contributed by atoms with Gasteiger partial charge in [-0.05, 0) is 66.6 Å². The molecule has 34 heavy (non-hydrogen) atoms. The molecule has 2 aromatic heterocycles. The predicted molar refractivity (Wildman–Crippen MR) is 134 cm³/mol. The lowest BCUT2D eigenvalue weighted by Crippen LogP contribution is -2.26. The first-order valence-corrected chi connectivity index (χ1v) is 11.1. The summed E-state index contributed by atoms with van der Waals surface area (Å²) in [6.45, 7) is 1.87. The van der Waals surface area contributed by atoms with Crippen molar-refractivity contribution in [2.24, 2.45) is 0 Å². The molecule has 0 saturated heterocycles. The molecule has 0 aliphatic carbocycles. The van der Waals surface area contributed by atoms with Gasteiger partial charge in [0, 0.05) is 42.2 Å². The van der Waals surface area contributed by atoms with Crippen LogP contribution < -0.4 is 21.1 Å². The summed E-state index contributed by atoms with van der Waals surface area (Å²) in [5.74, 6) is 1.82. The van der Waals surface area contributed by atoms with Crippen LogP contribution in [0.5, 0.6) is 5.75 Å². The van der Waals surface area contributed by atoms with Crippen molar-refractivity contribution < 1.29 is 9.84 Å². The Bertz CT molecular complexity index is 1360. The smallest absolute Gasteiger partial charge is 0.227 e. The van der Waals surface area contributed by atoms with Crippen LogP contribution in [0.4, 0.5) is 28.8 Å². The molecule has 9 nitrogen and oxygen atoms in total. The number of methoxy groups -OCH3 is 1. The van der Waals surface area contributed by atoms with Gasteiger partial charge in [0.05, 0.1) is 24.9 Å². The second-order valence-corrected chi connectivity index (χ2v) is 8.46. The number of nitrogens with two attached hydrogens (primary N) is 1. The third-order valence-electron chi connectivity index (χ3n) is 5.98. The SMILES string of the molecule is COc1cc2c(cc1Nc1ncc3c(N)cc(Nc4cc(CO)ccn4)cc3n1)CN(C)CC2. The average Bonchev–Trinajstić information content (AvgIpc) is 2.83. The number of pyridine rings is 1. The molecule has 1 aliphatic rings. The van der Waals surface area contributed by atoms with Gasteiger partial charge in [0.2, 0.25) is 5.95 Å². The number of hydrogen-bond acceptors (Lipinski definition) is 9. The van der Waals surface area contributed by atoms with Gasteiger partial charge in [0.1, 0.15) is 11.6 Å². The summed E-state index contributed by atoms with van der Waals surface area (Å²) in [7, 11) is 3.79. The Morgan fingerprint density at radius 2 is 2.00 bits per heavy atom.